The fourth-order valence-corrected chi connectivity index (χ4v) is 5.28. The molecular weight excluding hydrogens is 443 g/mol. The van der Waals surface area contributed by atoms with Crippen molar-refractivity contribution in [3.05, 3.63) is 53.3 Å². The lowest BCUT2D eigenvalue weighted by Crippen LogP contribution is -2.41. The maximum absolute atomic E-state index is 13.3. The van der Waals surface area contributed by atoms with Crippen LogP contribution in [0.5, 0.6) is 5.19 Å². The van der Waals surface area contributed by atoms with Gasteiger partial charge in [-0.1, -0.05) is 22.9 Å². The zero-order valence-corrected chi connectivity index (χ0v) is 18.7. The first kappa shape index (κ1) is 21.4. The van der Waals surface area contributed by atoms with Crippen molar-refractivity contribution in [3.63, 3.8) is 0 Å². The zero-order chi connectivity index (χ0) is 20.9. The minimum absolute atomic E-state index is 0.0416. The number of thioether (sulfide) groups is 1. The van der Waals surface area contributed by atoms with Gasteiger partial charge in [-0.25, -0.2) is 9.37 Å². The van der Waals surface area contributed by atoms with Crippen LogP contribution in [0.15, 0.2) is 47.4 Å². The van der Waals surface area contributed by atoms with E-state index < -0.39 is 0 Å². The molecule has 0 unspecified atom stereocenters. The third-order valence-electron chi connectivity index (χ3n) is 5.01. The molecule has 8 heteroatoms. The molecule has 3 aromatic rings. The topological polar surface area (TPSA) is 42.4 Å². The Bertz CT molecular complexity index is 1000. The normalized spacial score (nSPS) is 14.9. The van der Waals surface area contributed by atoms with Crippen molar-refractivity contribution in [2.45, 2.75) is 36.7 Å². The molecule has 1 aliphatic heterocycles. The van der Waals surface area contributed by atoms with Crippen LogP contribution in [0.2, 0.25) is 5.02 Å². The fraction of sp³-hybridized carbons (Fsp3) is 0.364. The van der Waals surface area contributed by atoms with Crippen LogP contribution in [0.3, 0.4) is 0 Å². The summed E-state index contributed by atoms with van der Waals surface area (Å²) in [5, 5.41) is 1.30. The van der Waals surface area contributed by atoms with Crippen LogP contribution in [0, 0.1) is 5.82 Å². The molecule has 0 aliphatic carbocycles. The number of nitrogens with zero attached hydrogens (tertiary/aromatic N) is 2. The summed E-state index contributed by atoms with van der Waals surface area (Å²) in [6.45, 7) is 1.40. The first-order valence-electron chi connectivity index (χ1n) is 9.96. The molecule has 2 aromatic carbocycles. The molecule has 1 fully saturated rings. The van der Waals surface area contributed by atoms with E-state index in [0.717, 1.165) is 40.3 Å². The minimum Gasteiger partial charge on any atom is -0.467 e. The van der Waals surface area contributed by atoms with Gasteiger partial charge in [0, 0.05) is 42.3 Å². The van der Waals surface area contributed by atoms with Crippen molar-refractivity contribution in [2.24, 2.45) is 0 Å². The summed E-state index contributed by atoms with van der Waals surface area (Å²) in [7, 11) is 0. The Morgan fingerprint density at radius 3 is 2.77 bits per heavy atom. The monoisotopic (exact) mass is 464 g/mol. The van der Waals surface area contributed by atoms with Gasteiger partial charge < -0.3 is 9.64 Å². The number of thiazole rings is 1. The third-order valence-corrected chi connectivity index (χ3v) is 7.27. The molecule has 1 aliphatic rings. The third kappa shape index (κ3) is 5.65. The molecule has 1 aromatic heterocycles. The Kier molecular flexibility index (Phi) is 7.12. The summed E-state index contributed by atoms with van der Waals surface area (Å²) in [5.74, 6) is 0.849. The van der Waals surface area contributed by atoms with Crippen molar-refractivity contribution in [1.82, 2.24) is 9.88 Å². The van der Waals surface area contributed by atoms with Gasteiger partial charge in [0.05, 0.1) is 10.2 Å². The standard InChI is InChI=1S/C22H22ClFN2O2S2/c23-15-3-6-18(7-4-15)29-13-1-2-21(27)26-11-9-17(10-12-26)28-22-25-19-8-5-16(24)14-20(19)30-22/h3-8,14,17H,1-2,9-13H2. The van der Waals surface area contributed by atoms with Gasteiger partial charge in [0.2, 0.25) is 5.91 Å². The van der Waals surface area contributed by atoms with Crippen LogP contribution in [0.1, 0.15) is 25.7 Å². The number of hydrogen-bond acceptors (Lipinski definition) is 5. The summed E-state index contributed by atoms with van der Waals surface area (Å²) in [6.07, 6.45) is 3.03. The van der Waals surface area contributed by atoms with E-state index in [0.29, 0.717) is 24.7 Å². The first-order valence-corrected chi connectivity index (χ1v) is 12.1. The molecule has 1 saturated heterocycles. The van der Waals surface area contributed by atoms with Crippen LogP contribution < -0.4 is 4.74 Å². The number of carbonyl (C=O) groups is 1. The van der Waals surface area contributed by atoms with Gasteiger partial charge in [0.25, 0.3) is 5.19 Å². The van der Waals surface area contributed by atoms with Crippen molar-refractivity contribution >= 4 is 50.8 Å². The molecule has 158 valence electrons. The lowest BCUT2D eigenvalue weighted by atomic mass is 10.1. The van der Waals surface area contributed by atoms with Crippen LogP contribution in [0.4, 0.5) is 4.39 Å². The number of fused-ring (bicyclic) bond motifs is 1. The van der Waals surface area contributed by atoms with E-state index in [1.807, 2.05) is 29.2 Å². The summed E-state index contributed by atoms with van der Waals surface area (Å²) in [6, 6.07) is 12.3. The largest absolute Gasteiger partial charge is 0.467 e. The van der Waals surface area contributed by atoms with Crippen molar-refractivity contribution < 1.29 is 13.9 Å². The van der Waals surface area contributed by atoms with Gasteiger partial charge in [-0.15, -0.1) is 11.8 Å². The number of ether oxygens (including phenoxy) is 1. The highest BCUT2D eigenvalue weighted by molar-refractivity contribution is 7.99. The predicted octanol–water partition coefficient (Wildman–Crippen LogP) is 6.03. The lowest BCUT2D eigenvalue weighted by molar-refractivity contribution is -0.133. The summed E-state index contributed by atoms with van der Waals surface area (Å²) >= 11 is 9.00. The molecule has 30 heavy (non-hydrogen) atoms. The number of likely N-dealkylation sites (tertiary alicyclic amines) is 1. The average molecular weight is 465 g/mol. The highest BCUT2D eigenvalue weighted by Crippen LogP contribution is 2.30. The Morgan fingerprint density at radius 1 is 1.23 bits per heavy atom. The number of piperidine rings is 1. The van der Waals surface area contributed by atoms with E-state index in [1.165, 1.54) is 28.4 Å². The Morgan fingerprint density at radius 2 is 2.00 bits per heavy atom. The zero-order valence-electron chi connectivity index (χ0n) is 16.4. The maximum atomic E-state index is 13.3. The van der Waals surface area contributed by atoms with Crippen molar-refractivity contribution in [3.8, 4) is 5.19 Å². The second-order valence-electron chi connectivity index (χ2n) is 7.20. The van der Waals surface area contributed by atoms with Gasteiger partial charge in [-0.3, -0.25) is 4.79 Å². The van der Waals surface area contributed by atoms with Crippen LogP contribution in [0.25, 0.3) is 10.2 Å². The van der Waals surface area contributed by atoms with Gasteiger partial charge in [0.15, 0.2) is 0 Å². The highest BCUT2D eigenvalue weighted by Gasteiger charge is 2.24. The number of amides is 1. The van der Waals surface area contributed by atoms with Gasteiger partial charge in [0.1, 0.15) is 11.9 Å². The highest BCUT2D eigenvalue weighted by atomic mass is 35.5. The summed E-state index contributed by atoms with van der Waals surface area (Å²) in [5.41, 5.74) is 0.750. The Hall–Kier alpha value is -1.83. The first-order chi connectivity index (χ1) is 14.6. The van der Waals surface area contributed by atoms with Crippen molar-refractivity contribution in [2.75, 3.05) is 18.8 Å². The number of rotatable bonds is 7. The second kappa shape index (κ2) is 9.98. The van der Waals surface area contributed by atoms with Crippen LogP contribution in [-0.2, 0) is 4.79 Å². The molecule has 4 nitrogen and oxygen atoms in total. The van der Waals surface area contributed by atoms with E-state index in [4.69, 9.17) is 16.3 Å². The molecule has 2 heterocycles. The van der Waals surface area contributed by atoms with Gasteiger partial charge in [-0.05, 0) is 54.6 Å². The van der Waals surface area contributed by atoms with E-state index in [-0.39, 0.29) is 17.8 Å². The average Bonchev–Trinajstić information content (AvgIpc) is 3.14. The van der Waals surface area contributed by atoms with Gasteiger partial charge >= 0.3 is 0 Å². The number of benzene rings is 2. The number of hydrogen-bond donors (Lipinski definition) is 0. The molecule has 0 saturated carbocycles. The van der Waals surface area contributed by atoms with E-state index >= 15 is 0 Å². The SMILES string of the molecule is O=C(CCCSc1ccc(Cl)cc1)N1CCC(Oc2nc3ccc(F)cc3s2)CC1. The second-order valence-corrected chi connectivity index (χ2v) is 9.79. The molecule has 0 atom stereocenters. The lowest BCUT2D eigenvalue weighted by Gasteiger charge is -2.31. The van der Waals surface area contributed by atoms with Gasteiger partial charge in [-0.2, -0.15) is 0 Å². The maximum Gasteiger partial charge on any atom is 0.274 e. The minimum atomic E-state index is -0.268. The molecule has 0 radical (unpaired) electrons. The van der Waals surface area contributed by atoms with Crippen molar-refractivity contribution in [1.29, 1.82) is 0 Å². The summed E-state index contributed by atoms with van der Waals surface area (Å²) < 4.78 is 20.1. The summed E-state index contributed by atoms with van der Waals surface area (Å²) in [4.78, 5) is 20.0. The van der Waals surface area contributed by atoms with E-state index in [9.17, 15) is 9.18 Å². The Balaban J connectivity index is 1.18. The molecule has 1 amide bonds. The smallest absolute Gasteiger partial charge is 0.274 e. The molecule has 0 bridgehead atoms. The molecule has 0 spiro atoms. The Labute approximate surface area is 188 Å². The molecule has 0 N–H and O–H groups in total. The molecule has 4 rings (SSSR count). The number of carbonyl (C=O) groups excluding carboxylic acids is 1. The van der Waals surface area contributed by atoms with Crippen LogP contribution >= 0.6 is 34.7 Å². The number of aromatic nitrogens is 1. The predicted molar refractivity (Wildman–Crippen MR) is 121 cm³/mol. The molecular formula is C22H22ClFN2O2S2. The van der Waals surface area contributed by atoms with E-state index in [1.54, 1.807) is 17.8 Å². The number of halogens is 2. The van der Waals surface area contributed by atoms with E-state index in [2.05, 4.69) is 4.98 Å². The van der Waals surface area contributed by atoms with Crippen LogP contribution in [-0.4, -0.2) is 40.7 Å². The quantitative estimate of drug-likeness (QED) is 0.316. The fourth-order valence-electron chi connectivity index (χ4n) is 3.40.